The van der Waals surface area contributed by atoms with Gasteiger partial charge in [-0.25, -0.2) is 9.97 Å². The van der Waals surface area contributed by atoms with Gasteiger partial charge in [0.25, 0.3) is 0 Å². The Morgan fingerprint density at radius 1 is 1.21 bits per heavy atom. The van der Waals surface area contributed by atoms with Crippen LogP contribution in [0, 0.1) is 12.8 Å². The summed E-state index contributed by atoms with van der Waals surface area (Å²) in [5, 5.41) is 0. The lowest BCUT2D eigenvalue weighted by atomic mass is 9.98. The fourth-order valence-electron chi connectivity index (χ4n) is 2.82. The van der Waals surface area contributed by atoms with Gasteiger partial charge in [0.1, 0.15) is 17.5 Å². The third-order valence-corrected chi connectivity index (χ3v) is 4.24. The molecule has 1 saturated heterocycles. The lowest BCUT2D eigenvalue weighted by molar-refractivity contribution is 0.459. The molecule has 2 rings (SSSR count). The van der Waals surface area contributed by atoms with E-state index >= 15 is 0 Å². The van der Waals surface area contributed by atoms with E-state index in [1.54, 1.807) is 0 Å². The number of aromatic nitrogens is 2. The molecule has 1 atom stereocenters. The molecule has 1 aliphatic rings. The highest BCUT2D eigenvalue weighted by Crippen LogP contribution is 2.27. The van der Waals surface area contributed by atoms with Crippen LogP contribution in [0.5, 0.6) is 0 Å². The molecule has 1 aromatic heterocycles. The van der Waals surface area contributed by atoms with E-state index in [0.29, 0.717) is 5.82 Å². The lowest BCUT2D eigenvalue weighted by Crippen LogP contribution is -2.27. The molecular formula is C15H26N4. The first kappa shape index (κ1) is 14.1. The molecule has 106 valence electrons. The minimum Gasteiger partial charge on any atom is -0.383 e. The van der Waals surface area contributed by atoms with Crippen LogP contribution in [0.25, 0.3) is 0 Å². The highest BCUT2D eigenvalue weighted by Gasteiger charge is 2.19. The van der Waals surface area contributed by atoms with Crippen molar-refractivity contribution >= 4 is 11.6 Å². The summed E-state index contributed by atoms with van der Waals surface area (Å²) in [5.41, 5.74) is 7.05. The van der Waals surface area contributed by atoms with E-state index in [1.165, 1.54) is 25.7 Å². The molecule has 0 aliphatic carbocycles. The van der Waals surface area contributed by atoms with Gasteiger partial charge in [-0.2, -0.15) is 0 Å². The first-order chi connectivity index (χ1) is 9.15. The molecule has 1 unspecified atom stereocenters. The Hall–Kier alpha value is -1.32. The van der Waals surface area contributed by atoms with Crippen LogP contribution in [-0.4, -0.2) is 23.1 Å². The van der Waals surface area contributed by atoms with E-state index in [-0.39, 0.29) is 0 Å². The van der Waals surface area contributed by atoms with E-state index < -0.39 is 0 Å². The van der Waals surface area contributed by atoms with Crippen molar-refractivity contribution in [2.75, 3.05) is 23.7 Å². The maximum Gasteiger partial charge on any atom is 0.137 e. The molecule has 1 fully saturated rings. The zero-order chi connectivity index (χ0) is 13.8. The largest absolute Gasteiger partial charge is 0.383 e. The predicted molar refractivity (Wildman–Crippen MR) is 80.4 cm³/mol. The van der Waals surface area contributed by atoms with Gasteiger partial charge in [-0.15, -0.1) is 0 Å². The van der Waals surface area contributed by atoms with Crippen LogP contribution in [0.4, 0.5) is 11.6 Å². The van der Waals surface area contributed by atoms with E-state index in [0.717, 1.165) is 42.6 Å². The zero-order valence-corrected chi connectivity index (χ0v) is 12.4. The Morgan fingerprint density at radius 3 is 2.68 bits per heavy atom. The maximum atomic E-state index is 6.02. The normalized spacial score (nSPS) is 20.4. The summed E-state index contributed by atoms with van der Waals surface area (Å²) >= 11 is 0. The first-order valence-electron chi connectivity index (χ1n) is 7.53. The van der Waals surface area contributed by atoms with Crippen LogP contribution in [0.2, 0.25) is 0 Å². The number of rotatable bonds is 3. The van der Waals surface area contributed by atoms with E-state index in [4.69, 9.17) is 10.7 Å². The molecule has 1 aliphatic heterocycles. The summed E-state index contributed by atoms with van der Waals surface area (Å²) < 4.78 is 0. The van der Waals surface area contributed by atoms with Crippen molar-refractivity contribution in [3.8, 4) is 0 Å². The summed E-state index contributed by atoms with van der Waals surface area (Å²) in [7, 11) is 0. The molecule has 0 saturated carbocycles. The standard InChI is InChI=1S/C15H26N4/c1-4-12-7-6-9-19(10-8-12)15-11(3)14(16)17-13(5-2)18-15/h12H,4-10H2,1-3H3,(H2,16,17,18). The highest BCUT2D eigenvalue weighted by molar-refractivity contribution is 5.56. The second-order valence-electron chi connectivity index (χ2n) is 5.52. The molecule has 4 heteroatoms. The molecule has 0 aromatic carbocycles. The van der Waals surface area contributed by atoms with Crippen LogP contribution in [0.15, 0.2) is 0 Å². The third-order valence-electron chi connectivity index (χ3n) is 4.24. The average Bonchev–Trinajstić information content (AvgIpc) is 2.67. The summed E-state index contributed by atoms with van der Waals surface area (Å²) in [5.74, 6) is 3.42. The van der Waals surface area contributed by atoms with E-state index in [9.17, 15) is 0 Å². The van der Waals surface area contributed by atoms with Crippen LogP contribution in [0.3, 0.4) is 0 Å². The van der Waals surface area contributed by atoms with E-state index in [1.807, 2.05) is 6.92 Å². The fourth-order valence-corrected chi connectivity index (χ4v) is 2.82. The first-order valence-corrected chi connectivity index (χ1v) is 7.53. The molecule has 2 N–H and O–H groups in total. The van der Waals surface area contributed by atoms with Gasteiger partial charge in [0, 0.05) is 25.1 Å². The van der Waals surface area contributed by atoms with Crippen molar-refractivity contribution in [3.63, 3.8) is 0 Å². The molecule has 0 amide bonds. The second-order valence-corrected chi connectivity index (χ2v) is 5.52. The van der Waals surface area contributed by atoms with Crippen molar-refractivity contribution in [1.29, 1.82) is 0 Å². The van der Waals surface area contributed by atoms with Crippen LogP contribution >= 0.6 is 0 Å². The monoisotopic (exact) mass is 262 g/mol. The minimum absolute atomic E-state index is 0.637. The van der Waals surface area contributed by atoms with Gasteiger partial charge in [-0.05, 0) is 32.1 Å². The summed E-state index contributed by atoms with van der Waals surface area (Å²) in [4.78, 5) is 11.4. The Balaban J connectivity index is 2.23. The third kappa shape index (κ3) is 3.17. The predicted octanol–water partition coefficient (Wildman–Crippen LogP) is 2.95. The highest BCUT2D eigenvalue weighted by atomic mass is 15.2. The van der Waals surface area contributed by atoms with Crippen LogP contribution < -0.4 is 10.6 Å². The maximum absolute atomic E-state index is 6.02. The smallest absolute Gasteiger partial charge is 0.137 e. The van der Waals surface area contributed by atoms with Gasteiger partial charge in [-0.1, -0.05) is 20.3 Å². The number of aryl methyl sites for hydroxylation is 1. The molecule has 0 spiro atoms. The number of anilines is 2. The van der Waals surface area contributed by atoms with Crippen LogP contribution in [0.1, 0.15) is 50.9 Å². The Kier molecular flexibility index (Phi) is 4.61. The second kappa shape index (κ2) is 6.22. The molecule has 0 radical (unpaired) electrons. The van der Waals surface area contributed by atoms with Crippen molar-refractivity contribution < 1.29 is 0 Å². The Bertz CT molecular complexity index is 430. The van der Waals surface area contributed by atoms with E-state index in [2.05, 4.69) is 23.7 Å². The molecular weight excluding hydrogens is 236 g/mol. The van der Waals surface area contributed by atoms with Gasteiger partial charge in [0.15, 0.2) is 0 Å². The zero-order valence-electron chi connectivity index (χ0n) is 12.4. The van der Waals surface area contributed by atoms with Crippen molar-refractivity contribution in [1.82, 2.24) is 9.97 Å². The van der Waals surface area contributed by atoms with Gasteiger partial charge in [0.2, 0.25) is 0 Å². The van der Waals surface area contributed by atoms with Crippen molar-refractivity contribution in [3.05, 3.63) is 11.4 Å². The average molecular weight is 262 g/mol. The fraction of sp³-hybridized carbons (Fsp3) is 0.733. The molecule has 0 bridgehead atoms. The van der Waals surface area contributed by atoms with Crippen LogP contribution in [-0.2, 0) is 6.42 Å². The van der Waals surface area contributed by atoms with Gasteiger partial charge >= 0.3 is 0 Å². The Morgan fingerprint density at radius 2 is 2.00 bits per heavy atom. The lowest BCUT2D eigenvalue weighted by Gasteiger charge is -2.24. The van der Waals surface area contributed by atoms with Gasteiger partial charge in [0.05, 0.1) is 0 Å². The minimum atomic E-state index is 0.637. The number of hydrogen-bond acceptors (Lipinski definition) is 4. The topological polar surface area (TPSA) is 55.0 Å². The Labute approximate surface area is 116 Å². The summed E-state index contributed by atoms with van der Waals surface area (Å²) in [6.45, 7) is 8.59. The number of nitrogen functional groups attached to an aromatic ring is 1. The summed E-state index contributed by atoms with van der Waals surface area (Å²) in [6, 6.07) is 0. The molecule has 4 nitrogen and oxygen atoms in total. The number of hydrogen-bond donors (Lipinski definition) is 1. The quantitative estimate of drug-likeness (QED) is 0.910. The van der Waals surface area contributed by atoms with Crippen molar-refractivity contribution in [2.45, 2.75) is 52.9 Å². The number of nitrogens with two attached hydrogens (primary N) is 1. The van der Waals surface area contributed by atoms with Crippen molar-refractivity contribution in [2.24, 2.45) is 5.92 Å². The molecule has 1 aromatic rings. The van der Waals surface area contributed by atoms with Gasteiger partial charge < -0.3 is 10.6 Å². The SMILES string of the molecule is CCc1nc(N)c(C)c(N2CCCC(CC)CC2)n1. The molecule has 2 heterocycles. The summed E-state index contributed by atoms with van der Waals surface area (Å²) in [6.07, 6.45) is 5.99. The molecule has 19 heavy (non-hydrogen) atoms. The number of nitrogens with zero attached hydrogens (tertiary/aromatic N) is 3. The van der Waals surface area contributed by atoms with Gasteiger partial charge in [-0.3, -0.25) is 0 Å².